The third kappa shape index (κ3) is 4.94. The number of piperidine rings is 1. The number of amides is 1. The number of likely N-dealkylation sites (tertiary alicyclic amines) is 1. The van der Waals surface area contributed by atoms with E-state index in [4.69, 9.17) is 0 Å². The molecule has 0 unspecified atom stereocenters. The first-order valence-corrected chi connectivity index (χ1v) is 9.69. The highest BCUT2D eigenvalue weighted by atomic mass is 19.2. The molecule has 1 aliphatic rings. The van der Waals surface area contributed by atoms with Crippen molar-refractivity contribution in [2.75, 3.05) is 19.6 Å². The maximum atomic E-state index is 13.7. The fourth-order valence-electron chi connectivity index (χ4n) is 3.65. The van der Waals surface area contributed by atoms with E-state index in [1.807, 2.05) is 18.2 Å². The number of carbonyl (C=O) groups is 1. The number of nitrogens with zero attached hydrogens (tertiary/aromatic N) is 1. The normalized spacial score (nSPS) is 19.8. The van der Waals surface area contributed by atoms with E-state index in [9.17, 15) is 18.7 Å². The van der Waals surface area contributed by atoms with Crippen LogP contribution in [0.3, 0.4) is 0 Å². The number of hydrogen-bond acceptors (Lipinski definition) is 3. The predicted octanol–water partition coefficient (Wildman–Crippen LogP) is 3.04. The molecule has 1 amide bonds. The van der Waals surface area contributed by atoms with Crippen LogP contribution in [0, 0.1) is 11.6 Å². The summed E-state index contributed by atoms with van der Waals surface area (Å²) in [5.41, 5.74) is -0.109. The van der Waals surface area contributed by atoms with Crippen molar-refractivity contribution in [2.45, 2.75) is 37.8 Å². The topological polar surface area (TPSA) is 52.6 Å². The van der Waals surface area contributed by atoms with Crippen molar-refractivity contribution >= 4 is 5.91 Å². The molecule has 1 heterocycles. The Bertz CT molecular complexity index is 800. The highest BCUT2D eigenvalue weighted by Gasteiger charge is 2.41. The summed E-state index contributed by atoms with van der Waals surface area (Å²) in [7, 11) is 0. The van der Waals surface area contributed by atoms with E-state index in [1.54, 1.807) is 4.90 Å². The number of aliphatic hydroxyl groups is 1. The van der Waals surface area contributed by atoms with E-state index in [-0.39, 0.29) is 24.6 Å². The average Bonchev–Trinajstić information content (AvgIpc) is 2.69. The lowest BCUT2D eigenvalue weighted by atomic mass is 9.91. The van der Waals surface area contributed by atoms with Gasteiger partial charge in [0.25, 0.3) is 5.91 Å². The molecule has 4 nitrogen and oxygen atoms in total. The zero-order valence-electron chi connectivity index (χ0n) is 15.8. The van der Waals surface area contributed by atoms with E-state index >= 15 is 0 Å². The largest absolute Gasteiger partial charge is 0.379 e. The van der Waals surface area contributed by atoms with Gasteiger partial charge in [-0.3, -0.25) is 4.79 Å². The highest BCUT2D eigenvalue weighted by molar-refractivity contribution is 5.86. The lowest BCUT2D eigenvalue weighted by Gasteiger charge is -2.38. The summed E-state index contributed by atoms with van der Waals surface area (Å²) < 4.78 is 27.0. The van der Waals surface area contributed by atoms with Gasteiger partial charge < -0.3 is 15.3 Å². The van der Waals surface area contributed by atoms with Crippen LogP contribution in [0.4, 0.5) is 8.78 Å². The Labute approximate surface area is 164 Å². The van der Waals surface area contributed by atoms with Gasteiger partial charge in [0, 0.05) is 31.7 Å². The number of benzene rings is 2. The quantitative estimate of drug-likeness (QED) is 0.731. The van der Waals surface area contributed by atoms with Crippen LogP contribution in [-0.4, -0.2) is 41.1 Å². The fourth-order valence-corrected chi connectivity index (χ4v) is 3.65. The summed E-state index contributed by atoms with van der Waals surface area (Å²) in [6.07, 6.45) is 2.77. The number of nitrogens with one attached hydrogen (secondary N) is 1. The van der Waals surface area contributed by atoms with E-state index < -0.39 is 17.2 Å². The summed E-state index contributed by atoms with van der Waals surface area (Å²) >= 11 is 0. The van der Waals surface area contributed by atoms with Gasteiger partial charge in [-0.15, -0.1) is 0 Å². The summed E-state index contributed by atoms with van der Waals surface area (Å²) in [4.78, 5) is 14.5. The number of rotatable bonds is 8. The van der Waals surface area contributed by atoms with Crippen LogP contribution < -0.4 is 5.32 Å². The Morgan fingerprint density at radius 3 is 2.68 bits per heavy atom. The summed E-state index contributed by atoms with van der Waals surface area (Å²) in [6, 6.07) is 14.1. The SMILES string of the molecule is O=C1N(CCCc2ccccc2)CCC[C@]1(O)CNCc1cccc(F)c1F. The second kappa shape index (κ2) is 9.26. The average molecular weight is 388 g/mol. The van der Waals surface area contributed by atoms with Crippen LogP contribution in [0.5, 0.6) is 0 Å². The number of hydrogen-bond donors (Lipinski definition) is 2. The van der Waals surface area contributed by atoms with E-state index in [2.05, 4.69) is 17.4 Å². The molecule has 2 N–H and O–H groups in total. The highest BCUT2D eigenvalue weighted by Crippen LogP contribution is 2.23. The number of carbonyl (C=O) groups excluding carboxylic acids is 1. The van der Waals surface area contributed by atoms with Gasteiger partial charge in [0.15, 0.2) is 17.2 Å². The first kappa shape index (κ1) is 20.4. The molecular weight excluding hydrogens is 362 g/mol. The summed E-state index contributed by atoms with van der Waals surface area (Å²) in [5, 5.41) is 13.7. The van der Waals surface area contributed by atoms with Crippen molar-refractivity contribution in [3.8, 4) is 0 Å². The Kier molecular flexibility index (Phi) is 6.75. The maximum Gasteiger partial charge on any atom is 0.255 e. The van der Waals surface area contributed by atoms with Gasteiger partial charge in [-0.05, 0) is 37.3 Å². The standard InChI is InChI=1S/C22H26F2N2O2/c23-19-11-4-10-18(20(19)24)15-25-16-22(28)12-6-14-26(21(22)27)13-5-9-17-7-2-1-3-8-17/h1-4,7-8,10-11,25,28H,5-6,9,12-16H2/t22-/m0/s1. The van der Waals surface area contributed by atoms with Crippen molar-refractivity contribution in [3.05, 3.63) is 71.3 Å². The number of halogens is 2. The van der Waals surface area contributed by atoms with Crippen LogP contribution in [0.15, 0.2) is 48.5 Å². The van der Waals surface area contributed by atoms with E-state index in [0.29, 0.717) is 25.9 Å². The minimum atomic E-state index is -1.51. The van der Waals surface area contributed by atoms with Crippen molar-refractivity contribution in [2.24, 2.45) is 0 Å². The molecule has 28 heavy (non-hydrogen) atoms. The molecule has 0 aromatic heterocycles. The van der Waals surface area contributed by atoms with Gasteiger partial charge in [0.05, 0.1) is 0 Å². The van der Waals surface area contributed by atoms with Gasteiger partial charge in [-0.2, -0.15) is 0 Å². The van der Waals surface area contributed by atoms with Crippen molar-refractivity contribution in [1.82, 2.24) is 10.2 Å². The van der Waals surface area contributed by atoms with E-state index in [0.717, 1.165) is 18.9 Å². The first-order chi connectivity index (χ1) is 13.5. The molecule has 2 aromatic rings. The van der Waals surface area contributed by atoms with Crippen LogP contribution in [-0.2, 0) is 17.8 Å². The van der Waals surface area contributed by atoms with Gasteiger partial charge in [-0.25, -0.2) is 8.78 Å². The van der Waals surface area contributed by atoms with Crippen LogP contribution in [0.25, 0.3) is 0 Å². The molecule has 0 aliphatic carbocycles. The third-order valence-electron chi connectivity index (χ3n) is 5.20. The third-order valence-corrected chi connectivity index (χ3v) is 5.20. The zero-order chi connectivity index (χ0) is 20.0. The molecule has 1 atom stereocenters. The van der Waals surface area contributed by atoms with Crippen molar-refractivity contribution in [3.63, 3.8) is 0 Å². The minimum absolute atomic E-state index is 0.0109. The molecule has 0 bridgehead atoms. The lowest BCUT2D eigenvalue weighted by Crippen LogP contribution is -2.58. The van der Waals surface area contributed by atoms with Crippen molar-refractivity contribution < 1.29 is 18.7 Å². The predicted molar refractivity (Wildman–Crippen MR) is 104 cm³/mol. The molecule has 1 aliphatic heterocycles. The molecule has 0 spiro atoms. The van der Waals surface area contributed by atoms with E-state index in [1.165, 1.54) is 17.7 Å². The Hall–Kier alpha value is -2.31. The van der Waals surface area contributed by atoms with Gasteiger partial charge in [0.1, 0.15) is 0 Å². The Balaban J connectivity index is 1.51. The molecule has 3 rings (SSSR count). The molecule has 6 heteroatoms. The molecule has 0 radical (unpaired) electrons. The molecule has 0 saturated carbocycles. The second-order valence-electron chi connectivity index (χ2n) is 7.33. The number of aryl methyl sites for hydroxylation is 1. The Morgan fingerprint density at radius 1 is 1.11 bits per heavy atom. The molecule has 2 aromatic carbocycles. The Morgan fingerprint density at radius 2 is 1.89 bits per heavy atom. The smallest absolute Gasteiger partial charge is 0.255 e. The van der Waals surface area contributed by atoms with Crippen molar-refractivity contribution in [1.29, 1.82) is 0 Å². The maximum absolute atomic E-state index is 13.7. The second-order valence-corrected chi connectivity index (χ2v) is 7.33. The minimum Gasteiger partial charge on any atom is -0.379 e. The molecule has 1 fully saturated rings. The zero-order valence-corrected chi connectivity index (χ0v) is 15.8. The van der Waals surface area contributed by atoms with Crippen LogP contribution >= 0.6 is 0 Å². The van der Waals surface area contributed by atoms with Gasteiger partial charge in [0.2, 0.25) is 0 Å². The molecular formula is C22H26F2N2O2. The fraction of sp³-hybridized carbons (Fsp3) is 0.409. The van der Waals surface area contributed by atoms with Gasteiger partial charge >= 0.3 is 0 Å². The first-order valence-electron chi connectivity index (χ1n) is 9.69. The molecule has 1 saturated heterocycles. The van der Waals surface area contributed by atoms with Gasteiger partial charge in [-0.1, -0.05) is 42.5 Å². The van der Waals surface area contributed by atoms with Crippen LogP contribution in [0.1, 0.15) is 30.4 Å². The summed E-state index contributed by atoms with van der Waals surface area (Å²) in [5.74, 6) is -2.10. The lowest BCUT2D eigenvalue weighted by molar-refractivity contribution is -0.156. The summed E-state index contributed by atoms with van der Waals surface area (Å²) in [6.45, 7) is 1.28. The van der Waals surface area contributed by atoms with Crippen LogP contribution in [0.2, 0.25) is 0 Å². The molecule has 150 valence electrons. The monoisotopic (exact) mass is 388 g/mol.